The molecule has 4 aromatic rings. The van der Waals surface area contributed by atoms with Crippen LogP contribution in [0, 0.1) is 0 Å². The number of phenolic OH excluding ortho intramolecular Hbond substituents is 2. The van der Waals surface area contributed by atoms with Gasteiger partial charge in [0.15, 0.2) is 0 Å². The Kier molecular flexibility index (Phi) is 7.26. The number of amides is 1. The summed E-state index contributed by atoms with van der Waals surface area (Å²) in [5.41, 5.74) is 5.98. The molecule has 1 heterocycles. The molecule has 1 aromatic heterocycles. The van der Waals surface area contributed by atoms with Crippen molar-refractivity contribution in [2.24, 2.45) is 5.10 Å². The molecule has 0 spiro atoms. The average molecular weight is 470 g/mol. The highest BCUT2D eigenvalue weighted by atomic mass is 16.5. The molecular formula is C28H27N3O4. The van der Waals surface area contributed by atoms with Crippen LogP contribution in [0.1, 0.15) is 42.6 Å². The van der Waals surface area contributed by atoms with Crippen LogP contribution in [0.15, 0.2) is 77.9 Å². The number of nitrogens with zero attached hydrogens (tertiary/aromatic N) is 2. The predicted octanol–water partition coefficient (Wildman–Crippen LogP) is 5.65. The van der Waals surface area contributed by atoms with Crippen molar-refractivity contribution < 1.29 is 19.7 Å². The van der Waals surface area contributed by atoms with Crippen molar-refractivity contribution in [1.82, 2.24) is 10.4 Å². The maximum Gasteiger partial charge on any atom is 0.272 e. The fourth-order valence-corrected chi connectivity index (χ4v) is 3.74. The minimum Gasteiger partial charge on any atom is -0.508 e. The Labute approximate surface area is 203 Å². The number of aromatic nitrogens is 1. The van der Waals surface area contributed by atoms with E-state index in [-0.39, 0.29) is 11.5 Å². The van der Waals surface area contributed by atoms with E-state index in [1.165, 1.54) is 18.2 Å². The van der Waals surface area contributed by atoms with Crippen molar-refractivity contribution >= 4 is 22.5 Å². The van der Waals surface area contributed by atoms with Crippen LogP contribution in [-0.2, 0) is 0 Å². The number of hydrogen-bond acceptors (Lipinski definition) is 6. The van der Waals surface area contributed by atoms with Crippen molar-refractivity contribution in [1.29, 1.82) is 0 Å². The average Bonchev–Trinajstić information content (AvgIpc) is 2.89. The molecule has 35 heavy (non-hydrogen) atoms. The maximum atomic E-state index is 13.3. The van der Waals surface area contributed by atoms with Crippen LogP contribution >= 0.6 is 0 Å². The third-order valence-electron chi connectivity index (χ3n) is 5.48. The fourth-order valence-electron chi connectivity index (χ4n) is 3.74. The van der Waals surface area contributed by atoms with Gasteiger partial charge in [-0.15, -0.1) is 0 Å². The molecule has 0 aliphatic heterocycles. The van der Waals surface area contributed by atoms with Crippen molar-refractivity contribution in [3.63, 3.8) is 0 Å². The number of rotatable bonds is 8. The number of carbonyl (C=O) groups is 1. The third-order valence-corrected chi connectivity index (χ3v) is 5.48. The fraction of sp³-hybridized carbons (Fsp3) is 0.179. The SMILES string of the molecule is CCCOc1cccc(-c2cc(C(=O)NN=C(CC)c3cc(O)ccc3O)c3ccccc3n2)c1. The van der Waals surface area contributed by atoms with Gasteiger partial charge in [0.25, 0.3) is 5.91 Å². The molecule has 178 valence electrons. The summed E-state index contributed by atoms with van der Waals surface area (Å²) in [4.78, 5) is 18.0. The van der Waals surface area contributed by atoms with Crippen molar-refractivity contribution in [3.05, 3.63) is 83.9 Å². The predicted molar refractivity (Wildman–Crippen MR) is 137 cm³/mol. The summed E-state index contributed by atoms with van der Waals surface area (Å²) >= 11 is 0. The Morgan fingerprint density at radius 2 is 1.80 bits per heavy atom. The first kappa shape index (κ1) is 23.8. The number of phenols is 2. The number of para-hydroxylation sites is 1. The van der Waals surface area contributed by atoms with Gasteiger partial charge in [0.1, 0.15) is 17.2 Å². The minimum absolute atomic E-state index is 0.000179. The van der Waals surface area contributed by atoms with Gasteiger partial charge in [0.05, 0.1) is 29.1 Å². The monoisotopic (exact) mass is 469 g/mol. The van der Waals surface area contributed by atoms with E-state index >= 15 is 0 Å². The van der Waals surface area contributed by atoms with E-state index in [0.717, 1.165) is 17.7 Å². The third kappa shape index (κ3) is 5.41. The van der Waals surface area contributed by atoms with Gasteiger partial charge in [-0.3, -0.25) is 4.79 Å². The van der Waals surface area contributed by atoms with Crippen LogP contribution in [0.3, 0.4) is 0 Å². The van der Waals surface area contributed by atoms with Crippen LogP contribution in [0.25, 0.3) is 22.2 Å². The van der Waals surface area contributed by atoms with E-state index in [2.05, 4.69) is 10.5 Å². The highest BCUT2D eigenvalue weighted by Crippen LogP contribution is 2.28. The summed E-state index contributed by atoms with van der Waals surface area (Å²) in [5.74, 6) is 0.307. The molecule has 0 saturated carbocycles. The second-order valence-electron chi connectivity index (χ2n) is 8.00. The van der Waals surface area contributed by atoms with Crippen molar-refractivity contribution in [3.8, 4) is 28.5 Å². The molecule has 0 atom stereocenters. The number of fused-ring (bicyclic) bond motifs is 1. The first-order valence-corrected chi connectivity index (χ1v) is 11.5. The molecule has 4 rings (SSSR count). The van der Waals surface area contributed by atoms with Gasteiger partial charge in [0.2, 0.25) is 0 Å². The van der Waals surface area contributed by atoms with Crippen LogP contribution < -0.4 is 10.2 Å². The van der Waals surface area contributed by atoms with Crippen LogP contribution in [0.5, 0.6) is 17.2 Å². The van der Waals surface area contributed by atoms with E-state index in [9.17, 15) is 15.0 Å². The first-order valence-electron chi connectivity index (χ1n) is 11.5. The van der Waals surface area contributed by atoms with Crippen LogP contribution in [-0.4, -0.2) is 33.4 Å². The Morgan fingerprint density at radius 1 is 0.971 bits per heavy atom. The lowest BCUT2D eigenvalue weighted by molar-refractivity contribution is 0.0956. The molecule has 7 heteroatoms. The number of pyridine rings is 1. The first-order chi connectivity index (χ1) is 17.0. The molecule has 0 unspecified atom stereocenters. The van der Waals surface area contributed by atoms with Gasteiger partial charge < -0.3 is 14.9 Å². The Morgan fingerprint density at radius 3 is 2.60 bits per heavy atom. The summed E-state index contributed by atoms with van der Waals surface area (Å²) in [7, 11) is 0. The van der Waals surface area contributed by atoms with E-state index in [1.807, 2.05) is 62.4 Å². The second kappa shape index (κ2) is 10.7. The number of hydrogen-bond donors (Lipinski definition) is 3. The molecule has 0 aliphatic carbocycles. The Balaban J connectivity index is 1.71. The quantitative estimate of drug-likeness (QED) is 0.176. The zero-order chi connectivity index (χ0) is 24.8. The smallest absolute Gasteiger partial charge is 0.272 e. The van der Waals surface area contributed by atoms with Gasteiger partial charge in [-0.05, 0) is 55.3 Å². The van der Waals surface area contributed by atoms with E-state index in [0.29, 0.717) is 46.5 Å². The molecule has 0 saturated heterocycles. The number of benzene rings is 3. The summed E-state index contributed by atoms with van der Waals surface area (Å²) < 4.78 is 5.76. The van der Waals surface area contributed by atoms with Crippen LogP contribution in [0.4, 0.5) is 0 Å². The zero-order valence-corrected chi connectivity index (χ0v) is 19.7. The molecule has 3 N–H and O–H groups in total. The van der Waals surface area contributed by atoms with Gasteiger partial charge in [-0.2, -0.15) is 5.10 Å². The van der Waals surface area contributed by atoms with E-state index in [4.69, 9.17) is 9.72 Å². The van der Waals surface area contributed by atoms with Crippen LogP contribution in [0.2, 0.25) is 0 Å². The molecule has 0 bridgehead atoms. The topological polar surface area (TPSA) is 104 Å². The summed E-state index contributed by atoms with van der Waals surface area (Å²) in [6.45, 7) is 4.52. The second-order valence-corrected chi connectivity index (χ2v) is 8.00. The number of carbonyl (C=O) groups excluding carboxylic acids is 1. The maximum absolute atomic E-state index is 13.3. The standard InChI is InChI=1S/C28H27N3O4/c1-3-14-35-20-9-7-8-18(15-20)26-17-22(21-10-5-6-11-25(21)29-26)28(34)31-30-24(4-2)23-16-19(32)12-13-27(23)33/h5-13,15-17,32-33H,3-4,14H2,1-2H3,(H,31,34). The number of aromatic hydroxyl groups is 2. The van der Waals surface area contributed by atoms with Gasteiger partial charge in [-0.1, -0.05) is 44.2 Å². The number of nitrogens with one attached hydrogen (secondary N) is 1. The zero-order valence-electron chi connectivity index (χ0n) is 19.7. The van der Waals surface area contributed by atoms with E-state index in [1.54, 1.807) is 6.07 Å². The number of hydrazone groups is 1. The lowest BCUT2D eigenvalue weighted by atomic mass is 10.0. The molecule has 0 fully saturated rings. The van der Waals surface area contributed by atoms with Gasteiger partial charge >= 0.3 is 0 Å². The van der Waals surface area contributed by atoms with Gasteiger partial charge in [-0.25, -0.2) is 10.4 Å². The van der Waals surface area contributed by atoms with Crippen molar-refractivity contribution in [2.75, 3.05) is 6.61 Å². The minimum atomic E-state index is -0.408. The Hall–Kier alpha value is -4.39. The Bertz CT molecular complexity index is 1400. The van der Waals surface area contributed by atoms with Crippen molar-refractivity contribution in [2.45, 2.75) is 26.7 Å². The summed E-state index contributed by atoms with van der Waals surface area (Å²) in [6.07, 6.45) is 1.34. The molecule has 3 aromatic carbocycles. The van der Waals surface area contributed by atoms with E-state index < -0.39 is 5.91 Å². The molecular weight excluding hydrogens is 442 g/mol. The number of ether oxygens (including phenoxy) is 1. The summed E-state index contributed by atoms with van der Waals surface area (Å²) in [5, 5.41) is 24.9. The molecule has 1 amide bonds. The largest absolute Gasteiger partial charge is 0.508 e. The summed E-state index contributed by atoms with van der Waals surface area (Å²) in [6, 6.07) is 21.0. The molecule has 0 radical (unpaired) electrons. The van der Waals surface area contributed by atoms with Gasteiger partial charge in [0, 0.05) is 16.5 Å². The normalized spacial score (nSPS) is 11.4. The highest BCUT2D eigenvalue weighted by molar-refractivity contribution is 6.08. The lowest BCUT2D eigenvalue weighted by Crippen LogP contribution is -2.20. The molecule has 0 aliphatic rings. The molecule has 7 nitrogen and oxygen atoms in total. The highest BCUT2D eigenvalue weighted by Gasteiger charge is 2.15. The lowest BCUT2D eigenvalue weighted by Gasteiger charge is -2.11.